The fourth-order valence-electron chi connectivity index (χ4n) is 3.02. The molecule has 1 rings (SSSR count). The third-order valence-electron chi connectivity index (χ3n) is 6.08. The molecule has 10 heteroatoms. The van der Waals surface area contributed by atoms with Crippen LogP contribution >= 0.6 is 0 Å². The molecule has 0 aliphatic carbocycles. The zero-order chi connectivity index (χ0) is 27.0. The molecule has 1 amide bonds. The van der Waals surface area contributed by atoms with E-state index in [0.717, 1.165) is 18.4 Å². The Morgan fingerprint density at radius 1 is 1.06 bits per heavy atom. The van der Waals surface area contributed by atoms with E-state index in [0.29, 0.717) is 12.3 Å². The van der Waals surface area contributed by atoms with Gasteiger partial charge < -0.3 is 24.7 Å². The van der Waals surface area contributed by atoms with Gasteiger partial charge in [0.15, 0.2) is 8.32 Å². The number of ether oxygens (including phenoxy) is 1. The fraction of sp³-hybridized carbons (Fsp3) is 0.680. The van der Waals surface area contributed by atoms with Gasteiger partial charge in [0.05, 0.1) is 5.92 Å². The molecule has 9 nitrogen and oxygen atoms in total. The zero-order valence-corrected chi connectivity index (χ0v) is 23.3. The van der Waals surface area contributed by atoms with Gasteiger partial charge in [-0.2, -0.15) is 0 Å². The van der Waals surface area contributed by atoms with Crippen molar-refractivity contribution in [2.75, 3.05) is 6.61 Å². The molecule has 0 spiro atoms. The molecular weight excluding hydrogens is 468 g/mol. The number of nitrogens with zero attached hydrogens (tertiary/aromatic N) is 1. The second-order valence-corrected chi connectivity index (χ2v) is 16.2. The third kappa shape index (κ3) is 11.2. The number of pyridine rings is 1. The largest absolute Gasteiger partial charge is 0.481 e. The summed E-state index contributed by atoms with van der Waals surface area (Å²) in [5.74, 6) is -3.52. The SMILES string of the molecule is CC(C)(C)OC(=O)N[C@@H](C[C@H](Cc1ccc(CCCO[Si](C)(C)C(C)(C)C)cn1)C(=O)O)C(=O)O. The molecule has 0 aromatic carbocycles. The van der Waals surface area contributed by atoms with Gasteiger partial charge in [-0.15, -0.1) is 0 Å². The first kappa shape index (κ1) is 30.6. The summed E-state index contributed by atoms with van der Waals surface area (Å²) in [4.78, 5) is 39.7. The van der Waals surface area contributed by atoms with Gasteiger partial charge in [-0.3, -0.25) is 9.78 Å². The highest BCUT2D eigenvalue weighted by Crippen LogP contribution is 2.36. The molecule has 0 unspecified atom stereocenters. The van der Waals surface area contributed by atoms with Crippen molar-refractivity contribution in [2.24, 2.45) is 5.92 Å². The Morgan fingerprint density at radius 2 is 1.69 bits per heavy atom. The number of aliphatic carboxylic acids is 2. The fourth-order valence-corrected chi connectivity index (χ4v) is 4.11. The monoisotopic (exact) mass is 510 g/mol. The molecule has 0 bridgehead atoms. The van der Waals surface area contributed by atoms with Crippen LogP contribution in [0.5, 0.6) is 0 Å². The molecule has 35 heavy (non-hydrogen) atoms. The van der Waals surface area contributed by atoms with Gasteiger partial charge in [-0.05, 0) is 69.8 Å². The summed E-state index contributed by atoms with van der Waals surface area (Å²) in [6, 6.07) is 2.27. The molecule has 0 saturated carbocycles. The number of hydrogen-bond donors (Lipinski definition) is 3. The Labute approximate surface area is 209 Å². The van der Waals surface area contributed by atoms with E-state index in [-0.39, 0.29) is 17.9 Å². The Morgan fingerprint density at radius 3 is 2.14 bits per heavy atom. The van der Waals surface area contributed by atoms with Crippen LogP contribution in [0.4, 0.5) is 4.79 Å². The van der Waals surface area contributed by atoms with Crippen molar-refractivity contribution in [2.45, 2.75) is 97.0 Å². The summed E-state index contributed by atoms with van der Waals surface area (Å²) in [7, 11) is -1.77. The predicted octanol–water partition coefficient (Wildman–Crippen LogP) is 4.65. The van der Waals surface area contributed by atoms with E-state index in [1.807, 2.05) is 6.07 Å². The molecule has 2 atom stereocenters. The van der Waals surface area contributed by atoms with Crippen LogP contribution in [0.15, 0.2) is 18.3 Å². The summed E-state index contributed by atoms with van der Waals surface area (Å²) in [5, 5.41) is 21.5. The number of aromatic nitrogens is 1. The normalized spacial score (nSPS) is 14.2. The van der Waals surface area contributed by atoms with Crippen molar-refractivity contribution in [3.63, 3.8) is 0 Å². The quantitative estimate of drug-likeness (QED) is 0.273. The minimum Gasteiger partial charge on any atom is -0.481 e. The maximum absolute atomic E-state index is 12.0. The van der Waals surface area contributed by atoms with Gasteiger partial charge in [-0.1, -0.05) is 26.8 Å². The second-order valence-electron chi connectivity index (χ2n) is 11.4. The second kappa shape index (κ2) is 12.5. The van der Waals surface area contributed by atoms with Crippen LogP contribution in [0.3, 0.4) is 0 Å². The minimum absolute atomic E-state index is 0.0455. The molecular formula is C25H42N2O7Si. The molecule has 0 saturated heterocycles. The summed E-state index contributed by atoms with van der Waals surface area (Å²) >= 11 is 0. The first-order valence-electron chi connectivity index (χ1n) is 11.9. The lowest BCUT2D eigenvalue weighted by atomic mass is 9.94. The number of amides is 1. The Hall–Kier alpha value is -2.46. The van der Waals surface area contributed by atoms with Crippen molar-refractivity contribution in [3.05, 3.63) is 29.6 Å². The number of carbonyl (C=O) groups is 3. The summed E-state index contributed by atoms with van der Waals surface area (Å²) in [6.45, 7) is 16.7. The van der Waals surface area contributed by atoms with Gasteiger partial charge in [0, 0.05) is 24.9 Å². The van der Waals surface area contributed by atoms with Crippen LogP contribution < -0.4 is 5.32 Å². The number of alkyl carbamates (subject to hydrolysis) is 1. The van der Waals surface area contributed by atoms with Crippen LogP contribution in [0, 0.1) is 5.92 Å². The number of carbonyl (C=O) groups excluding carboxylic acids is 1. The van der Waals surface area contributed by atoms with E-state index in [9.17, 15) is 24.6 Å². The topological polar surface area (TPSA) is 135 Å². The lowest BCUT2D eigenvalue weighted by Gasteiger charge is -2.36. The van der Waals surface area contributed by atoms with Gasteiger partial charge in [-0.25, -0.2) is 9.59 Å². The van der Waals surface area contributed by atoms with Crippen LogP contribution in [0.1, 0.15) is 65.6 Å². The molecule has 1 aromatic rings. The summed E-state index contributed by atoms with van der Waals surface area (Å²) in [5.41, 5.74) is 0.761. The highest BCUT2D eigenvalue weighted by molar-refractivity contribution is 6.74. The van der Waals surface area contributed by atoms with E-state index < -0.39 is 43.9 Å². The molecule has 3 N–H and O–H groups in total. The molecule has 198 valence electrons. The lowest BCUT2D eigenvalue weighted by Crippen LogP contribution is -2.45. The Balaban J connectivity index is 2.69. The van der Waals surface area contributed by atoms with E-state index in [4.69, 9.17) is 9.16 Å². The van der Waals surface area contributed by atoms with Gasteiger partial charge >= 0.3 is 18.0 Å². The van der Waals surface area contributed by atoms with Gasteiger partial charge in [0.25, 0.3) is 0 Å². The average molecular weight is 511 g/mol. The summed E-state index contributed by atoms with van der Waals surface area (Å²) in [6.07, 6.45) is 2.22. The number of hydrogen-bond acceptors (Lipinski definition) is 6. The molecule has 0 aliphatic heterocycles. The number of carboxylic acid groups (broad SMARTS) is 2. The maximum atomic E-state index is 12.0. The first-order valence-corrected chi connectivity index (χ1v) is 14.8. The van der Waals surface area contributed by atoms with E-state index in [2.05, 4.69) is 44.2 Å². The van der Waals surface area contributed by atoms with E-state index >= 15 is 0 Å². The van der Waals surface area contributed by atoms with Crippen molar-refractivity contribution in [1.82, 2.24) is 10.3 Å². The standard InChI is InChI=1S/C25H42N2O7Si/c1-24(2,3)34-23(32)27-20(22(30)31)15-18(21(28)29)14-19-12-11-17(16-26-19)10-9-13-33-35(7,8)25(4,5)6/h11-12,16,18,20H,9-10,13-15H2,1-8H3,(H,27,32)(H,28,29)(H,30,31)/t18-,20-/m0/s1. The summed E-state index contributed by atoms with van der Waals surface area (Å²) < 4.78 is 11.3. The highest BCUT2D eigenvalue weighted by Gasteiger charge is 2.36. The average Bonchev–Trinajstić information content (AvgIpc) is 2.68. The molecule has 1 aromatic heterocycles. The van der Waals surface area contributed by atoms with Crippen LogP contribution in [-0.2, 0) is 31.6 Å². The number of aryl methyl sites for hydroxylation is 1. The van der Waals surface area contributed by atoms with Crippen molar-refractivity contribution in [1.29, 1.82) is 0 Å². The third-order valence-corrected chi connectivity index (χ3v) is 10.6. The number of rotatable bonds is 12. The Bertz CT molecular complexity index is 858. The molecule has 0 fully saturated rings. The number of carboxylic acids is 2. The first-order chi connectivity index (χ1) is 15.9. The smallest absolute Gasteiger partial charge is 0.408 e. The van der Waals surface area contributed by atoms with E-state index in [1.54, 1.807) is 33.0 Å². The van der Waals surface area contributed by atoms with Crippen molar-refractivity contribution in [3.8, 4) is 0 Å². The number of nitrogens with one attached hydrogen (secondary N) is 1. The highest BCUT2D eigenvalue weighted by atomic mass is 28.4. The molecule has 1 heterocycles. The van der Waals surface area contributed by atoms with Crippen LogP contribution in [0.25, 0.3) is 0 Å². The minimum atomic E-state index is -1.77. The van der Waals surface area contributed by atoms with Crippen molar-refractivity contribution < 1.29 is 33.8 Å². The maximum Gasteiger partial charge on any atom is 0.408 e. The van der Waals surface area contributed by atoms with Gasteiger partial charge in [0.2, 0.25) is 0 Å². The Kier molecular flexibility index (Phi) is 10.9. The molecule has 0 aliphatic rings. The van der Waals surface area contributed by atoms with Gasteiger partial charge in [0.1, 0.15) is 11.6 Å². The van der Waals surface area contributed by atoms with Crippen molar-refractivity contribution >= 4 is 26.3 Å². The van der Waals surface area contributed by atoms with Crippen LogP contribution in [-0.4, -0.2) is 59.8 Å². The van der Waals surface area contributed by atoms with Crippen LogP contribution in [0.2, 0.25) is 18.1 Å². The zero-order valence-electron chi connectivity index (χ0n) is 22.3. The van der Waals surface area contributed by atoms with E-state index in [1.165, 1.54) is 0 Å². The predicted molar refractivity (Wildman–Crippen MR) is 136 cm³/mol. The lowest BCUT2D eigenvalue weighted by molar-refractivity contribution is -0.144. The molecule has 0 radical (unpaired) electrons.